The molecule has 0 amide bonds. The van der Waals surface area contributed by atoms with Crippen LogP contribution in [0.5, 0.6) is 0 Å². The van der Waals surface area contributed by atoms with Crippen molar-refractivity contribution in [1.29, 1.82) is 0 Å². The van der Waals surface area contributed by atoms with Gasteiger partial charge in [-0.05, 0) is 47.2 Å². The summed E-state index contributed by atoms with van der Waals surface area (Å²) in [6, 6.07) is 40.1. The summed E-state index contributed by atoms with van der Waals surface area (Å²) in [7, 11) is 0. The molecule has 5 aromatic rings. The van der Waals surface area contributed by atoms with Crippen LogP contribution in [0.4, 0.5) is 5.69 Å². The van der Waals surface area contributed by atoms with Crippen LogP contribution in [-0.2, 0) is 18.4 Å². The van der Waals surface area contributed by atoms with Gasteiger partial charge in [0.25, 0.3) is 0 Å². The maximum Gasteiger partial charge on any atom is 0.121 e. The lowest BCUT2D eigenvalue weighted by atomic mass is 9.77. The third kappa shape index (κ3) is 4.06. The molecule has 0 bridgehead atoms. The zero-order valence-corrected chi connectivity index (χ0v) is 18.5. The van der Waals surface area contributed by atoms with E-state index in [0.29, 0.717) is 0 Å². The highest BCUT2D eigenvalue weighted by molar-refractivity contribution is 5.50. The van der Waals surface area contributed by atoms with E-state index in [-0.39, 0.29) is 0 Å². The number of hydrogen-bond donors (Lipinski definition) is 1. The van der Waals surface area contributed by atoms with E-state index in [9.17, 15) is 0 Å². The molecule has 4 aromatic carbocycles. The zero-order chi connectivity index (χ0) is 22.5. The van der Waals surface area contributed by atoms with Crippen molar-refractivity contribution in [1.82, 2.24) is 9.55 Å². The summed E-state index contributed by atoms with van der Waals surface area (Å²) in [5, 5.41) is 0. The van der Waals surface area contributed by atoms with Crippen LogP contribution in [0.15, 0.2) is 128 Å². The Morgan fingerprint density at radius 3 is 1.58 bits per heavy atom. The van der Waals surface area contributed by atoms with Crippen LogP contribution in [0.25, 0.3) is 0 Å². The predicted octanol–water partition coefficient (Wildman–Crippen LogP) is 6.09. The Kier molecular flexibility index (Phi) is 5.77. The molecule has 3 nitrogen and oxygen atoms in total. The van der Waals surface area contributed by atoms with Crippen molar-refractivity contribution in [3.05, 3.63) is 156 Å². The number of benzene rings is 4. The molecule has 33 heavy (non-hydrogen) atoms. The number of aryl methyl sites for hydroxylation is 2. The molecule has 0 fully saturated rings. The quantitative estimate of drug-likeness (QED) is 0.251. The number of aromatic nitrogens is 2. The minimum atomic E-state index is -0.518. The summed E-state index contributed by atoms with van der Waals surface area (Å²) in [5.41, 5.74) is 12.0. The molecular weight excluding hydrogens is 402 g/mol. The molecule has 0 atom stereocenters. The summed E-state index contributed by atoms with van der Waals surface area (Å²) >= 11 is 0. The van der Waals surface area contributed by atoms with Crippen LogP contribution in [0.1, 0.15) is 27.9 Å². The molecule has 0 aliphatic heterocycles. The third-order valence-corrected chi connectivity index (χ3v) is 6.25. The molecule has 0 radical (unpaired) electrons. The average molecular weight is 430 g/mol. The second kappa shape index (κ2) is 9.17. The van der Waals surface area contributed by atoms with Crippen LogP contribution in [-0.4, -0.2) is 9.55 Å². The molecular formula is C30H27N3. The molecule has 162 valence electrons. The van der Waals surface area contributed by atoms with Crippen LogP contribution in [0.3, 0.4) is 0 Å². The first kappa shape index (κ1) is 20.8. The molecule has 0 spiro atoms. The number of anilines is 1. The van der Waals surface area contributed by atoms with E-state index in [1.807, 2.05) is 18.5 Å². The Morgan fingerprint density at radius 1 is 0.606 bits per heavy atom. The van der Waals surface area contributed by atoms with Crippen LogP contribution < -0.4 is 5.73 Å². The van der Waals surface area contributed by atoms with E-state index in [2.05, 4.69) is 114 Å². The minimum Gasteiger partial charge on any atom is -0.399 e. The fraction of sp³-hybridized carbons (Fsp3) is 0.100. The van der Waals surface area contributed by atoms with Gasteiger partial charge in [0, 0.05) is 11.9 Å². The highest BCUT2D eigenvalue weighted by Gasteiger charge is 2.38. The van der Waals surface area contributed by atoms with Gasteiger partial charge < -0.3 is 10.3 Å². The summed E-state index contributed by atoms with van der Waals surface area (Å²) in [4.78, 5) is 4.83. The standard InChI is InChI=1S/C30H27N3/c31-28-19-16-24(17-20-28)18-21-29-22-33(23-32-29)30(25-10-4-1-5-11-25,26-12-6-2-7-13-26)27-14-8-3-9-15-27/h1-17,19-20,22-23H,18,21,31H2. The van der Waals surface area contributed by atoms with Gasteiger partial charge >= 0.3 is 0 Å². The van der Waals surface area contributed by atoms with Crippen molar-refractivity contribution in [3.8, 4) is 0 Å². The van der Waals surface area contributed by atoms with Gasteiger partial charge in [0.1, 0.15) is 5.54 Å². The third-order valence-electron chi connectivity index (χ3n) is 6.25. The van der Waals surface area contributed by atoms with Gasteiger partial charge in [0.15, 0.2) is 0 Å². The van der Waals surface area contributed by atoms with E-state index in [1.165, 1.54) is 22.3 Å². The van der Waals surface area contributed by atoms with Gasteiger partial charge in [-0.2, -0.15) is 0 Å². The van der Waals surface area contributed by atoms with Crippen LogP contribution in [0.2, 0.25) is 0 Å². The minimum absolute atomic E-state index is 0.518. The first-order valence-electron chi connectivity index (χ1n) is 11.3. The lowest BCUT2D eigenvalue weighted by molar-refractivity contribution is 0.514. The number of nitrogens with zero attached hydrogens (tertiary/aromatic N) is 2. The lowest BCUT2D eigenvalue weighted by Gasteiger charge is -2.37. The maximum absolute atomic E-state index is 5.84. The largest absolute Gasteiger partial charge is 0.399 e. The van der Waals surface area contributed by atoms with Gasteiger partial charge in [-0.25, -0.2) is 4.98 Å². The molecule has 1 heterocycles. The lowest BCUT2D eigenvalue weighted by Crippen LogP contribution is -2.36. The SMILES string of the molecule is Nc1ccc(CCc2cn(C(c3ccccc3)(c3ccccc3)c3ccccc3)cn2)cc1. The summed E-state index contributed by atoms with van der Waals surface area (Å²) in [5.74, 6) is 0. The summed E-state index contributed by atoms with van der Waals surface area (Å²) < 4.78 is 2.27. The van der Waals surface area contributed by atoms with Crippen molar-refractivity contribution in [2.45, 2.75) is 18.4 Å². The zero-order valence-electron chi connectivity index (χ0n) is 18.5. The molecule has 5 rings (SSSR count). The van der Waals surface area contributed by atoms with Gasteiger partial charge in [0.2, 0.25) is 0 Å². The normalized spacial score (nSPS) is 11.4. The molecule has 0 saturated carbocycles. The second-order valence-corrected chi connectivity index (χ2v) is 8.32. The van der Waals surface area contributed by atoms with Gasteiger partial charge in [-0.3, -0.25) is 0 Å². The van der Waals surface area contributed by atoms with E-state index < -0.39 is 5.54 Å². The first-order chi connectivity index (χ1) is 16.3. The highest BCUT2D eigenvalue weighted by Crippen LogP contribution is 2.40. The molecule has 1 aromatic heterocycles. The highest BCUT2D eigenvalue weighted by atomic mass is 15.1. The van der Waals surface area contributed by atoms with Crippen LogP contribution >= 0.6 is 0 Å². The number of imidazole rings is 1. The number of rotatable bonds is 7. The van der Waals surface area contributed by atoms with Crippen LogP contribution in [0, 0.1) is 0 Å². The van der Waals surface area contributed by atoms with Crippen molar-refractivity contribution in [2.75, 3.05) is 5.73 Å². The Morgan fingerprint density at radius 2 is 1.09 bits per heavy atom. The molecule has 0 aliphatic rings. The fourth-order valence-corrected chi connectivity index (χ4v) is 4.62. The molecule has 0 saturated heterocycles. The number of hydrogen-bond acceptors (Lipinski definition) is 2. The van der Waals surface area contributed by atoms with Crippen molar-refractivity contribution >= 4 is 5.69 Å². The molecule has 3 heteroatoms. The van der Waals surface area contributed by atoms with Crippen molar-refractivity contribution in [3.63, 3.8) is 0 Å². The Hall–Kier alpha value is -4.11. The maximum atomic E-state index is 5.84. The van der Waals surface area contributed by atoms with Gasteiger partial charge in [0.05, 0.1) is 12.0 Å². The predicted molar refractivity (Wildman–Crippen MR) is 135 cm³/mol. The topological polar surface area (TPSA) is 43.8 Å². The average Bonchev–Trinajstić information content (AvgIpc) is 3.35. The van der Waals surface area contributed by atoms with Crippen molar-refractivity contribution < 1.29 is 0 Å². The Bertz CT molecular complexity index is 1190. The Labute approximate surface area is 195 Å². The summed E-state index contributed by atoms with van der Waals surface area (Å²) in [6.07, 6.45) is 5.97. The van der Waals surface area contributed by atoms with Crippen molar-refractivity contribution in [2.24, 2.45) is 0 Å². The number of nitrogen functional groups attached to an aromatic ring is 1. The fourth-order valence-electron chi connectivity index (χ4n) is 4.62. The van der Waals surface area contributed by atoms with Gasteiger partial charge in [-0.15, -0.1) is 0 Å². The number of nitrogens with two attached hydrogens (primary N) is 1. The molecule has 0 unspecified atom stereocenters. The monoisotopic (exact) mass is 429 g/mol. The van der Waals surface area contributed by atoms with E-state index in [0.717, 1.165) is 24.2 Å². The van der Waals surface area contributed by atoms with E-state index in [1.54, 1.807) is 0 Å². The first-order valence-corrected chi connectivity index (χ1v) is 11.3. The molecule has 2 N–H and O–H groups in total. The summed E-state index contributed by atoms with van der Waals surface area (Å²) in [6.45, 7) is 0. The van der Waals surface area contributed by atoms with Gasteiger partial charge in [-0.1, -0.05) is 103 Å². The van der Waals surface area contributed by atoms with E-state index >= 15 is 0 Å². The second-order valence-electron chi connectivity index (χ2n) is 8.32. The van der Waals surface area contributed by atoms with E-state index in [4.69, 9.17) is 10.7 Å². The smallest absolute Gasteiger partial charge is 0.121 e. The Balaban J connectivity index is 1.62. The molecule has 0 aliphatic carbocycles.